The molecule has 5 nitrogen and oxygen atoms in total. The van der Waals surface area contributed by atoms with Crippen LogP contribution >= 0.6 is 0 Å². The number of anilines is 1. The normalized spacial score (nSPS) is 15.4. The van der Waals surface area contributed by atoms with E-state index >= 15 is 0 Å². The largest absolute Gasteiger partial charge is 0.342 e. The summed E-state index contributed by atoms with van der Waals surface area (Å²) in [4.78, 5) is 8.20. The van der Waals surface area contributed by atoms with Crippen LogP contribution in [0, 0.1) is 6.92 Å². The van der Waals surface area contributed by atoms with Crippen LogP contribution in [0.1, 0.15) is 36.6 Å². The third-order valence-corrected chi connectivity index (χ3v) is 5.92. The van der Waals surface area contributed by atoms with E-state index in [1.807, 2.05) is 19.1 Å². The Morgan fingerprint density at radius 1 is 1.17 bits per heavy atom. The van der Waals surface area contributed by atoms with E-state index in [0.717, 1.165) is 22.4 Å². The Hall–Kier alpha value is -2.34. The van der Waals surface area contributed by atoms with Crippen LogP contribution in [0.3, 0.4) is 0 Å². The van der Waals surface area contributed by atoms with Gasteiger partial charge in [-0.25, -0.2) is 13.4 Å². The van der Waals surface area contributed by atoms with Crippen molar-refractivity contribution in [1.82, 2.24) is 9.97 Å². The zero-order valence-electron chi connectivity index (χ0n) is 13.4. The lowest BCUT2D eigenvalue weighted by Gasteiger charge is -2.22. The molecule has 24 heavy (non-hydrogen) atoms. The Morgan fingerprint density at radius 2 is 2.00 bits per heavy atom. The SMILES string of the molecule is Cc1cccc(S(=O)(=O)Nc2ccc3nc(C4CCC4)[nH]c3c2)c1. The summed E-state index contributed by atoms with van der Waals surface area (Å²) >= 11 is 0. The van der Waals surface area contributed by atoms with E-state index in [1.165, 1.54) is 19.3 Å². The number of aryl methyl sites for hydroxylation is 1. The first kappa shape index (κ1) is 15.2. The predicted molar refractivity (Wildman–Crippen MR) is 94.7 cm³/mol. The van der Waals surface area contributed by atoms with Crippen molar-refractivity contribution in [3.8, 4) is 0 Å². The summed E-state index contributed by atoms with van der Waals surface area (Å²) in [6.07, 6.45) is 3.60. The second-order valence-electron chi connectivity index (χ2n) is 6.40. The summed E-state index contributed by atoms with van der Waals surface area (Å²) in [5, 5.41) is 0. The molecule has 124 valence electrons. The van der Waals surface area contributed by atoms with Crippen molar-refractivity contribution in [2.75, 3.05) is 4.72 Å². The van der Waals surface area contributed by atoms with Crippen LogP contribution in [0.2, 0.25) is 0 Å². The van der Waals surface area contributed by atoms with Crippen LogP contribution in [-0.2, 0) is 10.0 Å². The molecule has 2 aromatic carbocycles. The summed E-state index contributed by atoms with van der Waals surface area (Å²) in [5.41, 5.74) is 3.18. The van der Waals surface area contributed by atoms with Gasteiger partial charge in [-0.1, -0.05) is 18.6 Å². The van der Waals surface area contributed by atoms with Crippen molar-refractivity contribution in [2.24, 2.45) is 0 Å². The Kier molecular flexibility index (Phi) is 3.57. The third kappa shape index (κ3) is 2.78. The van der Waals surface area contributed by atoms with Gasteiger partial charge in [0.15, 0.2) is 0 Å². The molecule has 4 rings (SSSR count). The van der Waals surface area contributed by atoms with Crippen molar-refractivity contribution >= 4 is 26.7 Å². The molecule has 1 aliphatic carbocycles. The number of nitrogens with one attached hydrogen (secondary N) is 2. The number of hydrogen-bond donors (Lipinski definition) is 2. The highest BCUT2D eigenvalue weighted by Gasteiger charge is 2.23. The van der Waals surface area contributed by atoms with Crippen molar-refractivity contribution in [3.63, 3.8) is 0 Å². The molecule has 0 unspecified atom stereocenters. The van der Waals surface area contributed by atoms with Crippen LogP contribution in [0.25, 0.3) is 11.0 Å². The van der Waals surface area contributed by atoms with Crippen LogP contribution in [-0.4, -0.2) is 18.4 Å². The van der Waals surface area contributed by atoms with Gasteiger partial charge in [0.1, 0.15) is 5.82 Å². The minimum atomic E-state index is -3.59. The van der Waals surface area contributed by atoms with Gasteiger partial charge >= 0.3 is 0 Å². The van der Waals surface area contributed by atoms with E-state index < -0.39 is 10.0 Å². The van der Waals surface area contributed by atoms with E-state index in [0.29, 0.717) is 11.6 Å². The number of rotatable bonds is 4. The smallest absolute Gasteiger partial charge is 0.261 e. The first-order chi connectivity index (χ1) is 11.5. The monoisotopic (exact) mass is 341 g/mol. The molecule has 0 spiro atoms. The first-order valence-electron chi connectivity index (χ1n) is 8.10. The number of hydrogen-bond acceptors (Lipinski definition) is 3. The van der Waals surface area contributed by atoms with Crippen molar-refractivity contribution < 1.29 is 8.42 Å². The summed E-state index contributed by atoms with van der Waals surface area (Å²) in [6, 6.07) is 12.3. The van der Waals surface area contributed by atoms with Crippen LogP contribution < -0.4 is 4.72 Å². The van der Waals surface area contributed by atoms with Gasteiger partial charge in [-0.3, -0.25) is 4.72 Å². The van der Waals surface area contributed by atoms with Gasteiger partial charge in [0.05, 0.1) is 21.6 Å². The fourth-order valence-electron chi connectivity index (χ4n) is 2.96. The van der Waals surface area contributed by atoms with Crippen molar-refractivity contribution in [2.45, 2.75) is 37.0 Å². The summed E-state index contributed by atoms with van der Waals surface area (Å²) in [6.45, 7) is 1.87. The molecule has 1 fully saturated rings. The average molecular weight is 341 g/mol. The molecule has 1 aliphatic rings. The van der Waals surface area contributed by atoms with E-state index in [4.69, 9.17) is 0 Å². The average Bonchev–Trinajstić information content (AvgIpc) is 2.87. The van der Waals surface area contributed by atoms with Gasteiger partial charge in [-0.2, -0.15) is 0 Å². The number of H-pyrrole nitrogens is 1. The van der Waals surface area contributed by atoms with Crippen LogP contribution in [0.4, 0.5) is 5.69 Å². The highest BCUT2D eigenvalue weighted by Crippen LogP contribution is 2.35. The molecular weight excluding hydrogens is 322 g/mol. The van der Waals surface area contributed by atoms with Gasteiger partial charge in [0, 0.05) is 5.92 Å². The van der Waals surface area contributed by atoms with Gasteiger partial charge in [-0.05, 0) is 55.7 Å². The van der Waals surface area contributed by atoms with Gasteiger partial charge in [-0.15, -0.1) is 0 Å². The summed E-state index contributed by atoms with van der Waals surface area (Å²) in [7, 11) is -3.59. The van der Waals surface area contributed by atoms with Crippen molar-refractivity contribution in [1.29, 1.82) is 0 Å². The molecule has 2 N–H and O–H groups in total. The number of imidazole rings is 1. The molecule has 0 saturated heterocycles. The second-order valence-corrected chi connectivity index (χ2v) is 8.09. The molecule has 1 saturated carbocycles. The van der Waals surface area contributed by atoms with Crippen molar-refractivity contribution in [3.05, 3.63) is 53.9 Å². The third-order valence-electron chi connectivity index (χ3n) is 4.54. The Labute approximate surface area is 141 Å². The maximum absolute atomic E-state index is 12.5. The molecule has 1 aromatic heterocycles. The number of fused-ring (bicyclic) bond motifs is 1. The minimum Gasteiger partial charge on any atom is -0.342 e. The number of aromatic amines is 1. The van der Waals surface area contributed by atoms with E-state index in [-0.39, 0.29) is 4.90 Å². The second kappa shape index (κ2) is 5.63. The fraction of sp³-hybridized carbons (Fsp3) is 0.278. The molecule has 0 radical (unpaired) electrons. The Morgan fingerprint density at radius 3 is 2.71 bits per heavy atom. The summed E-state index contributed by atoms with van der Waals surface area (Å²) in [5.74, 6) is 1.53. The number of sulfonamides is 1. The number of aromatic nitrogens is 2. The lowest BCUT2D eigenvalue weighted by molar-refractivity contribution is 0.405. The van der Waals surface area contributed by atoms with Gasteiger partial charge in [0.2, 0.25) is 0 Å². The Bertz CT molecular complexity index is 1000. The standard InChI is InChI=1S/C18H19N3O2S/c1-12-4-2-7-15(10-12)24(22,23)21-14-8-9-16-17(11-14)20-18(19-16)13-5-3-6-13/h2,4,7-11,13,21H,3,5-6H2,1H3,(H,19,20). The van der Waals surface area contributed by atoms with E-state index in [1.54, 1.807) is 30.3 Å². The molecule has 0 amide bonds. The maximum Gasteiger partial charge on any atom is 0.261 e. The van der Waals surface area contributed by atoms with E-state index in [2.05, 4.69) is 14.7 Å². The molecule has 6 heteroatoms. The van der Waals surface area contributed by atoms with Crippen LogP contribution in [0.5, 0.6) is 0 Å². The molecule has 3 aromatic rings. The first-order valence-corrected chi connectivity index (χ1v) is 9.59. The number of benzene rings is 2. The lowest BCUT2D eigenvalue weighted by atomic mass is 9.85. The quantitative estimate of drug-likeness (QED) is 0.755. The van der Waals surface area contributed by atoms with Gasteiger partial charge < -0.3 is 4.98 Å². The topological polar surface area (TPSA) is 74.8 Å². The number of nitrogens with zero attached hydrogens (tertiary/aromatic N) is 1. The zero-order valence-corrected chi connectivity index (χ0v) is 14.2. The van der Waals surface area contributed by atoms with Gasteiger partial charge in [0.25, 0.3) is 10.0 Å². The molecular formula is C18H19N3O2S. The highest BCUT2D eigenvalue weighted by molar-refractivity contribution is 7.92. The highest BCUT2D eigenvalue weighted by atomic mass is 32.2. The lowest BCUT2D eigenvalue weighted by Crippen LogP contribution is -2.12. The zero-order chi connectivity index (χ0) is 16.7. The minimum absolute atomic E-state index is 0.266. The fourth-order valence-corrected chi connectivity index (χ4v) is 4.12. The summed E-state index contributed by atoms with van der Waals surface area (Å²) < 4.78 is 27.7. The molecule has 0 bridgehead atoms. The predicted octanol–water partition coefficient (Wildman–Crippen LogP) is 3.94. The molecule has 0 atom stereocenters. The van der Waals surface area contributed by atoms with Crippen LogP contribution in [0.15, 0.2) is 47.4 Å². The molecule has 1 heterocycles. The maximum atomic E-state index is 12.5. The molecule has 0 aliphatic heterocycles. The van der Waals surface area contributed by atoms with E-state index in [9.17, 15) is 8.42 Å². The Balaban J connectivity index is 1.64.